The fourth-order valence-electron chi connectivity index (χ4n) is 3.54. The van der Waals surface area contributed by atoms with Crippen LogP contribution in [0.15, 0.2) is 59.5 Å². The Morgan fingerprint density at radius 1 is 1.15 bits per heavy atom. The molecule has 1 heterocycles. The van der Waals surface area contributed by atoms with Crippen LogP contribution in [0.3, 0.4) is 0 Å². The molecule has 9 heteroatoms. The number of carboxylic acid groups (broad SMARTS) is 1. The Kier molecular flexibility index (Phi) is 7.02. The van der Waals surface area contributed by atoms with Crippen molar-refractivity contribution in [2.75, 3.05) is 12.4 Å². The fourth-order valence-corrected chi connectivity index (χ4v) is 3.54. The van der Waals surface area contributed by atoms with Gasteiger partial charge in [0, 0.05) is 24.4 Å². The summed E-state index contributed by atoms with van der Waals surface area (Å²) in [5, 5.41) is 24.5. The normalized spacial score (nSPS) is 11.5. The van der Waals surface area contributed by atoms with Gasteiger partial charge in [0.2, 0.25) is 0 Å². The van der Waals surface area contributed by atoms with Crippen LogP contribution in [0.5, 0.6) is 11.5 Å². The molecule has 2 aromatic carbocycles. The molecule has 0 aliphatic rings. The van der Waals surface area contributed by atoms with Gasteiger partial charge in [-0.3, -0.25) is 9.59 Å². The molecule has 1 aromatic heterocycles. The van der Waals surface area contributed by atoms with Gasteiger partial charge in [0.15, 0.2) is 5.69 Å². The number of rotatable bonds is 7. The van der Waals surface area contributed by atoms with Gasteiger partial charge in [-0.1, -0.05) is 36.4 Å². The summed E-state index contributed by atoms with van der Waals surface area (Å²) in [6, 6.07) is 12.8. The van der Waals surface area contributed by atoms with Gasteiger partial charge in [-0.05, 0) is 30.2 Å². The molecular formula is C24H25N3O6. The highest BCUT2D eigenvalue weighted by Crippen LogP contribution is 2.31. The first-order chi connectivity index (χ1) is 15.7. The zero-order valence-electron chi connectivity index (χ0n) is 18.5. The molecule has 0 saturated carbocycles. The van der Waals surface area contributed by atoms with Crippen molar-refractivity contribution in [2.45, 2.75) is 19.4 Å². The molecule has 0 aliphatic heterocycles. The van der Waals surface area contributed by atoms with Crippen molar-refractivity contribution in [3.63, 3.8) is 0 Å². The molecule has 33 heavy (non-hydrogen) atoms. The molecule has 0 spiro atoms. The number of ether oxygens (including phenoxy) is 1. The van der Waals surface area contributed by atoms with E-state index in [1.54, 1.807) is 32.2 Å². The molecule has 1 atom stereocenters. The van der Waals surface area contributed by atoms with E-state index in [2.05, 4.69) is 10.6 Å². The quantitative estimate of drug-likeness (QED) is 0.436. The molecule has 9 nitrogen and oxygen atoms in total. The largest absolute Gasteiger partial charge is 0.505 e. The Labute approximate surface area is 190 Å². The van der Waals surface area contributed by atoms with E-state index in [-0.39, 0.29) is 17.9 Å². The molecule has 2 amide bonds. The van der Waals surface area contributed by atoms with Gasteiger partial charge < -0.3 is 30.2 Å². The van der Waals surface area contributed by atoms with Crippen molar-refractivity contribution >= 4 is 17.7 Å². The van der Waals surface area contributed by atoms with E-state index in [1.165, 1.54) is 17.8 Å². The number of carbonyl (C=O) groups is 2. The number of anilines is 1. The molecule has 3 rings (SSSR count). The Hall–Kier alpha value is -4.27. The number of aryl methyl sites for hydroxylation is 2. The molecule has 1 unspecified atom stereocenters. The topological polar surface area (TPSA) is 130 Å². The van der Waals surface area contributed by atoms with Gasteiger partial charge >= 0.3 is 12.0 Å². The Morgan fingerprint density at radius 2 is 1.88 bits per heavy atom. The number of hydrogen-bond donors (Lipinski definition) is 4. The average molecular weight is 451 g/mol. The Bertz CT molecular complexity index is 1250. The number of nitrogens with one attached hydrogen (secondary N) is 2. The number of hydrogen-bond acceptors (Lipinski definition) is 5. The zero-order valence-corrected chi connectivity index (χ0v) is 18.5. The summed E-state index contributed by atoms with van der Waals surface area (Å²) >= 11 is 0. The van der Waals surface area contributed by atoms with Crippen LogP contribution in [0, 0.1) is 6.92 Å². The molecule has 3 aromatic rings. The molecule has 0 bridgehead atoms. The third-order valence-electron chi connectivity index (χ3n) is 5.16. The van der Waals surface area contributed by atoms with Crippen molar-refractivity contribution in [3.8, 4) is 22.6 Å². The number of aliphatic carboxylic acids is 1. The van der Waals surface area contributed by atoms with Crippen molar-refractivity contribution in [1.29, 1.82) is 0 Å². The molecule has 4 N–H and O–H groups in total. The minimum absolute atomic E-state index is 0.285. The molecular weight excluding hydrogens is 426 g/mol. The minimum Gasteiger partial charge on any atom is -0.505 e. The second-order valence-electron chi connectivity index (χ2n) is 7.53. The summed E-state index contributed by atoms with van der Waals surface area (Å²) in [6.07, 6.45) is 1.05. The highest BCUT2D eigenvalue weighted by molar-refractivity contribution is 5.91. The molecule has 0 fully saturated rings. The summed E-state index contributed by atoms with van der Waals surface area (Å²) in [5.41, 5.74) is 1.67. The molecule has 172 valence electrons. The van der Waals surface area contributed by atoms with Gasteiger partial charge in [0.25, 0.3) is 5.56 Å². The number of aromatic nitrogens is 1. The van der Waals surface area contributed by atoms with Crippen LogP contribution >= 0.6 is 0 Å². The number of para-hydroxylation sites is 1. The third-order valence-corrected chi connectivity index (χ3v) is 5.16. The Morgan fingerprint density at radius 3 is 2.58 bits per heavy atom. The number of aromatic hydroxyl groups is 1. The number of benzene rings is 2. The van der Waals surface area contributed by atoms with Gasteiger partial charge in [-0.25, -0.2) is 4.79 Å². The smallest absolute Gasteiger partial charge is 0.319 e. The predicted octanol–water partition coefficient (Wildman–Crippen LogP) is 3.41. The van der Waals surface area contributed by atoms with E-state index in [9.17, 15) is 24.6 Å². The maximum Gasteiger partial charge on any atom is 0.319 e. The van der Waals surface area contributed by atoms with Crippen LogP contribution in [-0.4, -0.2) is 33.9 Å². The lowest BCUT2D eigenvalue weighted by Gasteiger charge is -2.19. The van der Waals surface area contributed by atoms with Crippen molar-refractivity contribution < 1.29 is 24.5 Å². The van der Waals surface area contributed by atoms with Crippen LogP contribution in [-0.2, 0) is 11.8 Å². The lowest BCUT2D eigenvalue weighted by Crippen LogP contribution is -2.36. The number of urea groups is 1. The van der Waals surface area contributed by atoms with Crippen LogP contribution in [0.2, 0.25) is 0 Å². The van der Waals surface area contributed by atoms with E-state index >= 15 is 0 Å². The highest BCUT2D eigenvalue weighted by atomic mass is 16.5. The van der Waals surface area contributed by atoms with Crippen LogP contribution in [0.1, 0.15) is 23.6 Å². The predicted molar refractivity (Wildman–Crippen MR) is 124 cm³/mol. The standard InChI is InChI=1S/C24H25N3O6/c1-14-13-27(2)23(31)21(22(14)30)26-24(32)25-18(12-20(28)29)16-8-6-7-15(11-16)17-9-4-5-10-19(17)33-3/h4-11,13,18,30H,12H2,1-3H3,(H,28,29)(H2,25,26,32). The first kappa shape index (κ1) is 23.4. The zero-order chi connectivity index (χ0) is 24.1. The summed E-state index contributed by atoms with van der Waals surface area (Å²) < 4.78 is 6.64. The lowest BCUT2D eigenvalue weighted by molar-refractivity contribution is -0.137. The summed E-state index contributed by atoms with van der Waals surface area (Å²) in [5.74, 6) is -0.806. The number of amides is 2. The number of pyridine rings is 1. The fraction of sp³-hybridized carbons (Fsp3) is 0.208. The van der Waals surface area contributed by atoms with Crippen molar-refractivity contribution in [1.82, 2.24) is 9.88 Å². The minimum atomic E-state index is -1.11. The van der Waals surface area contributed by atoms with Crippen molar-refractivity contribution in [3.05, 3.63) is 76.2 Å². The third kappa shape index (κ3) is 5.32. The molecule has 0 saturated heterocycles. The van der Waals surface area contributed by atoms with Crippen LogP contribution < -0.4 is 20.9 Å². The lowest BCUT2D eigenvalue weighted by atomic mass is 9.97. The first-order valence-corrected chi connectivity index (χ1v) is 10.1. The number of carboxylic acids is 1. The van der Waals surface area contributed by atoms with Crippen LogP contribution in [0.4, 0.5) is 10.5 Å². The maximum absolute atomic E-state index is 12.7. The van der Waals surface area contributed by atoms with E-state index < -0.39 is 23.6 Å². The van der Waals surface area contributed by atoms with Gasteiger partial charge in [-0.2, -0.15) is 0 Å². The average Bonchev–Trinajstić information content (AvgIpc) is 2.80. The maximum atomic E-state index is 12.7. The highest BCUT2D eigenvalue weighted by Gasteiger charge is 2.21. The summed E-state index contributed by atoms with van der Waals surface area (Å²) in [7, 11) is 3.06. The second kappa shape index (κ2) is 9.90. The van der Waals surface area contributed by atoms with E-state index in [4.69, 9.17) is 4.74 Å². The number of nitrogens with zero attached hydrogens (tertiary/aromatic N) is 1. The van der Waals surface area contributed by atoms with E-state index in [1.807, 2.05) is 30.3 Å². The van der Waals surface area contributed by atoms with E-state index in [0.29, 0.717) is 16.9 Å². The first-order valence-electron chi connectivity index (χ1n) is 10.1. The molecule has 0 aliphatic carbocycles. The van der Waals surface area contributed by atoms with Gasteiger partial charge in [0.05, 0.1) is 19.6 Å². The van der Waals surface area contributed by atoms with Gasteiger partial charge in [0.1, 0.15) is 11.5 Å². The second-order valence-corrected chi connectivity index (χ2v) is 7.53. The van der Waals surface area contributed by atoms with E-state index in [0.717, 1.165) is 11.1 Å². The monoisotopic (exact) mass is 451 g/mol. The Balaban J connectivity index is 1.91. The SMILES string of the molecule is COc1ccccc1-c1cccc(C(CC(=O)O)NC(=O)Nc2c(O)c(C)cn(C)c2=O)c1. The van der Waals surface area contributed by atoms with Gasteiger partial charge in [-0.15, -0.1) is 0 Å². The summed E-state index contributed by atoms with van der Waals surface area (Å²) in [4.78, 5) is 36.5. The number of methoxy groups -OCH3 is 1. The van der Waals surface area contributed by atoms with Crippen LogP contribution in [0.25, 0.3) is 11.1 Å². The number of carbonyl (C=O) groups excluding carboxylic acids is 1. The molecule has 0 radical (unpaired) electrons. The van der Waals surface area contributed by atoms with Crippen molar-refractivity contribution in [2.24, 2.45) is 7.05 Å². The summed E-state index contributed by atoms with van der Waals surface area (Å²) in [6.45, 7) is 1.59.